The van der Waals surface area contributed by atoms with Crippen molar-refractivity contribution in [2.45, 2.75) is 51.6 Å². The normalized spacial score (nSPS) is 17.2. The molecule has 1 saturated carbocycles. The molecule has 0 bridgehead atoms. The van der Waals surface area contributed by atoms with E-state index in [0.717, 1.165) is 17.2 Å². The van der Waals surface area contributed by atoms with Crippen LogP contribution in [-0.2, 0) is 13.0 Å². The topological polar surface area (TPSA) is 73.0 Å². The van der Waals surface area contributed by atoms with Crippen LogP contribution >= 0.6 is 0 Å². The summed E-state index contributed by atoms with van der Waals surface area (Å²) in [6, 6.07) is 11.6. The van der Waals surface area contributed by atoms with Crippen LogP contribution in [0.2, 0.25) is 0 Å². The van der Waals surface area contributed by atoms with Crippen molar-refractivity contribution in [3.8, 4) is 0 Å². The zero-order valence-electron chi connectivity index (χ0n) is 18.0. The summed E-state index contributed by atoms with van der Waals surface area (Å²) in [7, 11) is 0. The number of fused-ring (bicyclic) bond motifs is 1. The Balaban J connectivity index is 1.40. The van der Waals surface area contributed by atoms with Crippen LogP contribution in [-0.4, -0.2) is 43.2 Å². The molecule has 160 valence electrons. The number of nitrogens with zero attached hydrogens (tertiary/aromatic N) is 5. The Morgan fingerprint density at radius 2 is 1.87 bits per heavy atom. The zero-order valence-corrected chi connectivity index (χ0v) is 18.0. The lowest BCUT2D eigenvalue weighted by atomic mass is 10.1. The molecule has 2 aromatic heterocycles. The fourth-order valence-corrected chi connectivity index (χ4v) is 4.29. The van der Waals surface area contributed by atoms with Crippen molar-refractivity contribution in [3.05, 3.63) is 81.3 Å². The lowest BCUT2D eigenvalue weighted by molar-refractivity contribution is 0.0755. The molecule has 1 aliphatic carbocycles. The monoisotopic (exact) mass is 417 g/mol. The van der Waals surface area contributed by atoms with Gasteiger partial charge >= 0.3 is 0 Å². The summed E-state index contributed by atoms with van der Waals surface area (Å²) in [5.41, 5.74) is 1.76. The number of hydrogen-bond donors (Lipinski definition) is 0. The third kappa shape index (κ3) is 3.69. The van der Waals surface area contributed by atoms with E-state index in [-0.39, 0.29) is 23.1 Å². The van der Waals surface area contributed by atoms with Crippen LogP contribution < -0.4 is 5.56 Å². The van der Waals surface area contributed by atoms with E-state index in [1.54, 1.807) is 15.7 Å². The summed E-state index contributed by atoms with van der Waals surface area (Å²) in [5, 5.41) is 4.65. The van der Waals surface area contributed by atoms with Gasteiger partial charge in [-0.1, -0.05) is 30.3 Å². The first-order valence-electron chi connectivity index (χ1n) is 11.0. The molecule has 31 heavy (non-hydrogen) atoms. The molecular formula is C24H27N5O2. The average molecular weight is 418 g/mol. The fourth-order valence-electron chi connectivity index (χ4n) is 4.29. The second kappa shape index (κ2) is 7.80. The quantitative estimate of drug-likeness (QED) is 0.654. The molecule has 1 unspecified atom stereocenters. The molecule has 0 radical (unpaired) electrons. The Bertz CT molecular complexity index is 1150. The summed E-state index contributed by atoms with van der Waals surface area (Å²) < 4.78 is 3.59. The number of benzene rings is 1. The molecule has 3 aromatic rings. The van der Waals surface area contributed by atoms with Gasteiger partial charge in [-0.15, -0.1) is 0 Å². The number of carbonyl (C=O) groups excluding carboxylic acids is 1. The molecule has 0 spiro atoms. The van der Waals surface area contributed by atoms with Gasteiger partial charge in [-0.25, -0.2) is 9.67 Å². The number of hydrogen-bond acceptors (Lipinski definition) is 4. The molecule has 1 aromatic carbocycles. The van der Waals surface area contributed by atoms with E-state index in [4.69, 9.17) is 4.98 Å². The van der Waals surface area contributed by atoms with E-state index in [2.05, 4.69) is 5.10 Å². The molecule has 7 nitrogen and oxygen atoms in total. The molecular weight excluding hydrogens is 390 g/mol. The maximum Gasteiger partial charge on any atom is 0.264 e. The summed E-state index contributed by atoms with van der Waals surface area (Å²) in [6.45, 7) is 5.50. The average Bonchev–Trinajstić information content (AvgIpc) is 3.58. The lowest BCUT2D eigenvalue weighted by Crippen LogP contribution is -2.39. The first-order valence-corrected chi connectivity index (χ1v) is 11.0. The van der Waals surface area contributed by atoms with E-state index in [9.17, 15) is 9.59 Å². The predicted octanol–water partition coefficient (Wildman–Crippen LogP) is 2.93. The van der Waals surface area contributed by atoms with Crippen LogP contribution in [0.25, 0.3) is 0 Å². The van der Waals surface area contributed by atoms with Gasteiger partial charge in [0, 0.05) is 31.6 Å². The van der Waals surface area contributed by atoms with E-state index in [1.165, 1.54) is 12.8 Å². The van der Waals surface area contributed by atoms with Crippen molar-refractivity contribution >= 4 is 5.91 Å². The zero-order chi connectivity index (χ0) is 21.5. The highest BCUT2D eigenvalue weighted by Crippen LogP contribution is 2.38. The second-order valence-electron chi connectivity index (χ2n) is 8.60. The summed E-state index contributed by atoms with van der Waals surface area (Å²) in [5.74, 6) is 2.21. The van der Waals surface area contributed by atoms with Gasteiger partial charge in [0.1, 0.15) is 11.4 Å². The molecule has 3 heterocycles. The minimum atomic E-state index is -0.238. The number of pyridine rings is 1. The largest absolute Gasteiger partial charge is 0.336 e. The minimum absolute atomic E-state index is 0.153. The third-order valence-electron chi connectivity index (χ3n) is 6.42. The first kappa shape index (κ1) is 19.7. The van der Waals surface area contributed by atoms with E-state index >= 15 is 0 Å². The smallest absolute Gasteiger partial charge is 0.264 e. The highest BCUT2D eigenvalue weighted by molar-refractivity contribution is 5.95. The van der Waals surface area contributed by atoms with E-state index in [0.29, 0.717) is 37.5 Å². The van der Waals surface area contributed by atoms with Gasteiger partial charge in [0.05, 0.1) is 12.6 Å². The molecule has 5 rings (SSSR count). The van der Waals surface area contributed by atoms with Gasteiger partial charge in [0.25, 0.3) is 11.5 Å². The van der Waals surface area contributed by atoms with Crippen molar-refractivity contribution < 1.29 is 4.79 Å². The SMILES string of the molecule is Cc1ccn(C(C)c2ccccc2)c(=O)c1C(=O)N1CCc2nc(C3CC3)nn2CC1. The van der Waals surface area contributed by atoms with Crippen LogP contribution in [0.15, 0.2) is 47.4 Å². The van der Waals surface area contributed by atoms with Crippen molar-refractivity contribution in [2.24, 2.45) is 0 Å². The highest BCUT2D eigenvalue weighted by atomic mass is 16.2. The molecule has 1 atom stereocenters. The van der Waals surface area contributed by atoms with Crippen molar-refractivity contribution in [1.82, 2.24) is 24.2 Å². The van der Waals surface area contributed by atoms with Crippen LogP contribution in [0.4, 0.5) is 0 Å². The second-order valence-corrected chi connectivity index (χ2v) is 8.60. The van der Waals surface area contributed by atoms with Gasteiger partial charge in [-0.2, -0.15) is 5.10 Å². The van der Waals surface area contributed by atoms with Crippen LogP contribution in [0.3, 0.4) is 0 Å². The minimum Gasteiger partial charge on any atom is -0.336 e. The molecule has 1 amide bonds. The van der Waals surface area contributed by atoms with Crippen LogP contribution in [0.5, 0.6) is 0 Å². The van der Waals surface area contributed by atoms with Crippen molar-refractivity contribution in [1.29, 1.82) is 0 Å². The Hall–Kier alpha value is -3.22. The Morgan fingerprint density at radius 3 is 2.61 bits per heavy atom. The Kier molecular flexibility index (Phi) is 4.96. The van der Waals surface area contributed by atoms with Crippen LogP contribution in [0.1, 0.15) is 64.9 Å². The summed E-state index contributed by atoms with van der Waals surface area (Å²) in [6.07, 6.45) is 4.80. The van der Waals surface area contributed by atoms with Crippen molar-refractivity contribution in [2.75, 3.05) is 13.1 Å². The standard InChI is InChI=1S/C24H27N5O2/c1-16-10-13-28(17(2)18-6-4-3-5-7-18)24(31)21(16)23(30)27-12-11-20-25-22(19-8-9-19)26-29(20)15-14-27/h3-7,10,13,17,19H,8-9,11-12,14-15H2,1-2H3. The van der Waals surface area contributed by atoms with Gasteiger partial charge in [-0.05, 0) is 43.9 Å². The van der Waals surface area contributed by atoms with Gasteiger partial charge < -0.3 is 9.47 Å². The van der Waals surface area contributed by atoms with Gasteiger partial charge in [-0.3, -0.25) is 9.59 Å². The third-order valence-corrected chi connectivity index (χ3v) is 6.42. The predicted molar refractivity (Wildman–Crippen MR) is 117 cm³/mol. The summed E-state index contributed by atoms with van der Waals surface area (Å²) in [4.78, 5) is 33.2. The summed E-state index contributed by atoms with van der Waals surface area (Å²) >= 11 is 0. The number of rotatable bonds is 4. The molecule has 2 aliphatic rings. The first-order chi connectivity index (χ1) is 15.0. The number of carbonyl (C=O) groups is 1. The molecule has 1 fully saturated rings. The van der Waals surface area contributed by atoms with Gasteiger partial charge in [0.15, 0.2) is 5.82 Å². The fraction of sp³-hybridized carbons (Fsp3) is 0.417. The lowest BCUT2D eigenvalue weighted by Gasteiger charge is -2.22. The van der Waals surface area contributed by atoms with Crippen LogP contribution in [0, 0.1) is 6.92 Å². The van der Waals surface area contributed by atoms with Gasteiger partial charge in [0.2, 0.25) is 0 Å². The maximum atomic E-state index is 13.4. The number of aryl methyl sites for hydroxylation is 1. The highest BCUT2D eigenvalue weighted by Gasteiger charge is 2.31. The van der Waals surface area contributed by atoms with Crippen molar-refractivity contribution in [3.63, 3.8) is 0 Å². The Labute approximate surface area is 181 Å². The molecule has 7 heteroatoms. The molecule has 1 aliphatic heterocycles. The molecule has 0 saturated heterocycles. The van der Waals surface area contributed by atoms with E-state index < -0.39 is 0 Å². The number of amides is 1. The maximum absolute atomic E-state index is 13.4. The van der Waals surface area contributed by atoms with E-state index in [1.807, 2.05) is 54.9 Å². The Morgan fingerprint density at radius 1 is 1.10 bits per heavy atom. The molecule has 0 N–H and O–H groups in total. The number of aromatic nitrogens is 4.